The number of aryl methyl sites for hydroxylation is 1. The standard InChI is InChI=1S/C12H16N2O2/c1-9-2-4-10(5-3-9)14-11(15)12(13)6-7-16-8-12/h2-5H,6-8,13H2,1H3,(H,14,15). The van der Waals surface area contributed by atoms with E-state index in [4.69, 9.17) is 10.5 Å². The van der Waals surface area contributed by atoms with Gasteiger partial charge in [0.2, 0.25) is 5.91 Å². The van der Waals surface area contributed by atoms with Crippen LogP contribution in [-0.2, 0) is 9.53 Å². The summed E-state index contributed by atoms with van der Waals surface area (Å²) in [4.78, 5) is 11.9. The molecule has 1 atom stereocenters. The van der Waals surface area contributed by atoms with Crippen LogP contribution >= 0.6 is 0 Å². The summed E-state index contributed by atoms with van der Waals surface area (Å²) in [5.74, 6) is -0.172. The first kappa shape index (κ1) is 11.1. The van der Waals surface area contributed by atoms with Crippen LogP contribution in [0.4, 0.5) is 5.69 Å². The Kier molecular flexibility index (Phi) is 2.94. The predicted molar refractivity (Wildman–Crippen MR) is 62.2 cm³/mol. The van der Waals surface area contributed by atoms with Crippen LogP contribution in [0, 0.1) is 6.92 Å². The Bertz CT molecular complexity index is 381. The van der Waals surface area contributed by atoms with Crippen LogP contribution in [0.1, 0.15) is 12.0 Å². The summed E-state index contributed by atoms with van der Waals surface area (Å²) in [5.41, 5.74) is 7.00. The first-order valence-electron chi connectivity index (χ1n) is 5.35. The van der Waals surface area contributed by atoms with Crippen molar-refractivity contribution in [2.24, 2.45) is 5.73 Å². The summed E-state index contributed by atoms with van der Waals surface area (Å²) >= 11 is 0. The number of hydrogen-bond acceptors (Lipinski definition) is 3. The maximum atomic E-state index is 11.9. The summed E-state index contributed by atoms with van der Waals surface area (Å²) in [6, 6.07) is 7.63. The molecule has 1 heterocycles. The van der Waals surface area contributed by atoms with Crippen molar-refractivity contribution < 1.29 is 9.53 Å². The Morgan fingerprint density at radius 3 is 2.69 bits per heavy atom. The third-order valence-corrected chi connectivity index (χ3v) is 2.81. The van der Waals surface area contributed by atoms with Gasteiger partial charge in [0, 0.05) is 12.3 Å². The van der Waals surface area contributed by atoms with E-state index in [1.807, 2.05) is 31.2 Å². The van der Waals surface area contributed by atoms with Gasteiger partial charge >= 0.3 is 0 Å². The van der Waals surface area contributed by atoms with Crippen LogP contribution in [0.5, 0.6) is 0 Å². The smallest absolute Gasteiger partial charge is 0.246 e. The zero-order valence-corrected chi connectivity index (χ0v) is 9.32. The van der Waals surface area contributed by atoms with Crippen molar-refractivity contribution in [3.05, 3.63) is 29.8 Å². The first-order chi connectivity index (χ1) is 7.60. The molecule has 1 aliphatic heterocycles. The van der Waals surface area contributed by atoms with E-state index in [2.05, 4.69) is 5.32 Å². The molecule has 1 aliphatic rings. The molecular weight excluding hydrogens is 204 g/mol. The van der Waals surface area contributed by atoms with Gasteiger partial charge in [0.05, 0.1) is 6.61 Å². The average molecular weight is 220 g/mol. The van der Waals surface area contributed by atoms with E-state index in [9.17, 15) is 4.79 Å². The summed E-state index contributed by atoms with van der Waals surface area (Å²) in [5, 5.41) is 2.81. The molecule has 0 radical (unpaired) electrons. The van der Waals surface area contributed by atoms with Crippen LogP contribution in [0.3, 0.4) is 0 Å². The highest BCUT2D eigenvalue weighted by Gasteiger charge is 2.38. The van der Waals surface area contributed by atoms with Gasteiger partial charge in [0.1, 0.15) is 5.54 Å². The van der Waals surface area contributed by atoms with Crippen molar-refractivity contribution >= 4 is 11.6 Å². The number of carbonyl (C=O) groups is 1. The van der Waals surface area contributed by atoms with E-state index in [0.29, 0.717) is 19.6 Å². The molecule has 0 aliphatic carbocycles. The second-order valence-electron chi connectivity index (χ2n) is 4.28. The number of hydrogen-bond donors (Lipinski definition) is 2. The Labute approximate surface area is 94.8 Å². The molecule has 0 aromatic heterocycles. The fourth-order valence-corrected chi connectivity index (χ4v) is 1.65. The van der Waals surface area contributed by atoms with Gasteiger partial charge < -0.3 is 15.8 Å². The van der Waals surface area contributed by atoms with E-state index in [1.54, 1.807) is 0 Å². The van der Waals surface area contributed by atoms with E-state index in [0.717, 1.165) is 11.3 Å². The summed E-state index contributed by atoms with van der Waals surface area (Å²) < 4.78 is 5.15. The maximum absolute atomic E-state index is 11.9. The van der Waals surface area contributed by atoms with E-state index in [-0.39, 0.29) is 5.91 Å². The van der Waals surface area contributed by atoms with Crippen molar-refractivity contribution in [1.82, 2.24) is 0 Å². The largest absolute Gasteiger partial charge is 0.379 e. The quantitative estimate of drug-likeness (QED) is 0.783. The van der Waals surface area contributed by atoms with Crippen LogP contribution in [0.2, 0.25) is 0 Å². The van der Waals surface area contributed by atoms with Crippen LogP contribution in [0.25, 0.3) is 0 Å². The molecule has 3 N–H and O–H groups in total. The monoisotopic (exact) mass is 220 g/mol. The van der Waals surface area contributed by atoms with Crippen molar-refractivity contribution in [1.29, 1.82) is 0 Å². The zero-order chi connectivity index (χ0) is 11.6. The van der Waals surface area contributed by atoms with Crippen LogP contribution in [-0.4, -0.2) is 24.7 Å². The zero-order valence-electron chi connectivity index (χ0n) is 9.32. The number of carbonyl (C=O) groups excluding carboxylic acids is 1. The molecule has 0 spiro atoms. The second-order valence-corrected chi connectivity index (χ2v) is 4.28. The number of nitrogens with two attached hydrogens (primary N) is 1. The van der Waals surface area contributed by atoms with Crippen molar-refractivity contribution in [3.8, 4) is 0 Å². The van der Waals surface area contributed by atoms with Gasteiger partial charge in [0.25, 0.3) is 0 Å². The summed E-state index contributed by atoms with van der Waals surface area (Å²) in [6.07, 6.45) is 0.574. The highest BCUT2D eigenvalue weighted by molar-refractivity contribution is 5.98. The Hall–Kier alpha value is -1.39. The molecule has 16 heavy (non-hydrogen) atoms. The summed E-state index contributed by atoms with van der Waals surface area (Å²) in [7, 11) is 0. The van der Waals surface area contributed by atoms with Gasteiger partial charge in [-0.1, -0.05) is 17.7 Å². The number of rotatable bonds is 2. The molecule has 0 saturated carbocycles. The van der Waals surface area contributed by atoms with Crippen molar-refractivity contribution in [2.75, 3.05) is 18.5 Å². The van der Waals surface area contributed by atoms with Crippen molar-refractivity contribution in [3.63, 3.8) is 0 Å². The highest BCUT2D eigenvalue weighted by atomic mass is 16.5. The molecule has 2 rings (SSSR count). The molecule has 1 aromatic rings. The van der Waals surface area contributed by atoms with Gasteiger partial charge in [-0.2, -0.15) is 0 Å². The lowest BCUT2D eigenvalue weighted by Crippen LogP contribution is -2.51. The molecule has 1 saturated heterocycles. The molecular formula is C12H16N2O2. The fourth-order valence-electron chi connectivity index (χ4n) is 1.65. The Morgan fingerprint density at radius 2 is 2.12 bits per heavy atom. The maximum Gasteiger partial charge on any atom is 0.246 e. The SMILES string of the molecule is Cc1ccc(NC(=O)C2(N)CCOC2)cc1. The average Bonchev–Trinajstić information content (AvgIpc) is 2.70. The molecule has 1 unspecified atom stereocenters. The Balaban J connectivity index is 2.04. The number of anilines is 1. The topological polar surface area (TPSA) is 64.4 Å². The fraction of sp³-hybridized carbons (Fsp3) is 0.417. The van der Waals surface area contributed by atoms with Gasteiger partial charge in [-0.05, 0) is 25.5 Å². The van der Waals surface area contributed by atoms with Crippen LogP contribution in [0.15, 0.2) is 24.3 Å². The molecule has 1 amide bonds. The lowest BCUT2D eigenvalue weighted by molar-refractivity contribution is -0.121. The molecule has 4 nitrogen and oxygen atoms in total. The normalized spacial score (nSPS) is 24.4. The minimum absolute atomic E-state index is 0.172. The van der Waals surface area contributed by atoms with Crippen molar-refractivity contribution in [2.45, 2.75) is 18.9 Å². The minimum atomic E-state index is -0.870. The highest BCUT2D eigenvalue weighted by Crippen LogP contribution is 2.18. The molecule has 86 valence electrons. The summed E-state index contributed by atoms with van der Waals surface area (Å²) in [6.45, 7) is 2.85. The van der Waals surface area contributed by atoms with E-state index >= 15 is 0 Å². The lowest BCUT2D eigenvalue weighted by Gasteiger charge is -2.20. The molecule has 0 bridgehead atoms. The number of ether oxygens (including phenoxy) is 1. The first-order valence-corrected chi connectivity index (χ1v) is 5.35. The predicted octanol–water partition coefficient (Wildman–Crippen LogP) is 1.05. The van der Waals surface area contributed by atoms with Gasteiger partial charge in [0.15, 0.2) is 0 Å². The Morgan fingerprint density at radius 1 is 1.44 bits per heavy atom. The van der Waals surface area contributed by atoms with Crippen LogP contribution < -0.4 is 11.1 Å². The van der Waals surface area contributed by atoms with Gasteiger partial charge in [-0.3, -0.25) is 4.79 Å². The van der Waals surface area contributed by atoms with Gasteiger partial charge in [-0.25, -0.2) is 0 Å². The third-order valence-electron chi connectivity index (χ3n) is 2.81. The van der Waals surface area contributed by atoms with Gasteiger partial charge in [-0.15, -0.1) is 0 Å². The number of amides is 1. The second kappa shape index (κ2) is 4.23. The number of benzene rings is 1. The minimum Gasteiger partial charge on any atom is -0.379 e. The molecule has 4 heteroatoms. The number of nitrogens with one attached hydrogen (secondary N) is 1. The molecule has 1 aromatic carbocycles. The van der Waals surface area contributed by atoms with E-state index < -0.39 is 5.54 Å². The molecule has 1 fully saturated rings. The third kappa shape index (κ3) is 2.23. The van der Waals surface area contributed by atoms with E-state index in [1.165, 1.54) is 0 Å². The lowest BCUT2D eigenvalue weighted by atomic mass is 9.99.